The Bertz CT molecular complexity index is 992. The lowest BCUT2D eigenvalue weighted by Gasteiger charge is -2.15. The van der Waals surface area contributed by atoms with Crippen molar-refractivity contribution in [2.75, 3.05) is 18.4 Å². The largest absolute Gasteiger partial charge is 0.312 e. The summed E-state index contributed by atoms with van der Waals surface area (Å²) in [6.07, 6.45) is 0.820. The van der Waals surface area contributed by atoms with Gasteiger partial charge in [0.25, 0.3) is 17.7 Å². The standard InChI is InChI=1S/C20H23N5O3/c1-11(2)10-25-19(27)13-5-4-12(8-14(13)20(25)28)18(26)22-17-15-9-21-7-6-16(15)23-24(17)3/h4-5,8,11,21H,6-7,9-10H2,1-3H3,(H,22,26). The number of fused-ring (bicyclic) bond motifs is 2. The highest BCUT2D eigenvalue weighted by Crippen LogP contribution is 2.26. The molecule has 3 amide bonds. The van der Waals surface area contributed by atoms with E-state index in [0.717, 1.165) is 24.2 Å². The van der Waals surface area contributed by atoms with Crippen molar-refractivity contribution < 1.29 is 14.4 Å². The minimum absolute atomic E-state index is 0.176. The topological polar surface area (TPSA) is 96.3 Å². The molecule has 0 radical (unpaired) electrons. The van der Waals surface area contributed by atoms with Crippen LogP contribution in [0.4, 0.5) is 5.82 Å². The molecule has 0 saturated heterocycles. The Morgan fingerprint density at radius 1 is 1.25 bits per heavy atom. The van der Waals surface area contributed by atoms with E-state index in [1.807, 2.05) is 13.8 Å². The second kappa shape index (κ2) is 6.87. The van der Waals surface area contributed by atoms with E-state index in [1.165, 1.54) is 11.0 Å². The van der Waals surface area contributed by atoms with Crippen molar-refractivity contribution in [2.45, 2.75) is 26.8 Å². The normalized spacial score (nSPS) is 15.8. The molecule has 2 N–H and O–H groups in total. The summed E-state index contributed by atoms with van der Waals surface area (Å²) in [6, 6.07) is 4.65. The Morgan fingerprint density at radius 2 is 2.00 bits per heavy atom. The number of hydrogen-bond donors (Lipinski definition) is 2. The first-order valence-corrected chi connectivity index (χ1v) is 9.44. The van der Waals surface area contributed by atoms with Gasteiger partial charge in [0.2, 0.25) is 0 Å². The van der Waals surface area contributed by atoms with E-state index in [0.29, 0.717) is 30.0 Å². The summed E-state index contributed by atoms with van der Waals surface area (Å²) >= 11 is 0. The summed E-state index contributed by atoms with van der Waals surface area (Å²) in [6.45, 7) is 5.78. The van der Waals surface area contributed by atoms with Crippen molar-refractivity contribution in [3.63, 3.8) is 0 Å². The Morgan fingerprint density at radius 3 is 2.75 bits per heavy atom. The average molecular weight is 381 g/mol. The van der Waals surface area contributed by atoms with Crippen molar-refractivity contribution in [1.82, 2.24) is 20.0 Å². The van der Waals surface area contributed by atoms with Crippen LogP contribution in [0.3, 0.4) is 0 Å². The molecule has 8 nitrogen and oxygen atoms in total. The zero-order valence-corrected chi connectivity index (χ0v) is 16.2. The molecule has 1 aromatic heterocycles. The molecule has 28 heavy (non-hydrogen) atoms. The van der Waals surface area contributed by atoms with Crippen LogP contribution in [0.25, 0.3) is 0 Å². The Balaban J connectivity index is 1.60. The molecule has 2 aliphatic rings. The van der Waals surface area contributed by atoms with Crippen LogP contribution in [0.15, 0.2) is 18.2 Å². The van der Waals surface area contributed by atoms with E-state index in [-0.39, 0.29) is 29.2 Å². The fraction of sp³-hybridized carbons (Fsp3) is 0.400. The van der Waals surface area contributed by atoms with E-state index in [4.69, 9.17) is 0 Å². The third-order valence-corrected chi connectivity index (χ3v) is 5.08. The smallest absolute Gasteiger partial charge is 0.261 e. The van der Waals surface area contributed by atoms with E-state index in [9.17, 15) is 14.4 Å². The van der Waals surface area contributed by atoms with Gasteiger partial charge in [-0.3, -0.25) is 24.0 Å². The van der Waals surface area contributed by atoms with Gasteiger partial charge in [-0.25, -0.2) is 0 Å². The van der Waals surface area contributed by atoms with Crippen LogP contribution in [-0.2, 0) is 20.0 Å². The van der Waals surface area contributed by atoms with E-state index >= 15 is 0 Å². The summed E-state index contributed by atoms with van der Waals surface area (Å²) < 4.78 is 1.67. The number of imide groups is 1. The first-order chi connectivity index (χ1) is 13.4. The number of benzene rings is 1. The molecule has 4 rings (SSSR count). The van der Waals surface area contributed by atoms with Crippen LogP contribution >= 0.6 is 0 Å². The molecule has 0 spiro atoms. The van der Waals surface area contributed by atoms with Crippen molar-refractivity contribution in [3.05, 3.63) is 46.1 Å². The Hall–Kier alpha value is -3.00. The van der Waals surface area contributed by atoms with Crippen LogP contribution in [-0.4, -0.2) is 45.5 Å². The molecule has 0 fully saturated rings. The lowest BCUT2D eigenvalue weighted by Crippen LogP contribution is -2.33. The highest BCUT2D eigenvalue weighted by atomic mass is 16.2. The predicted molar refractivity (Wildman–Crippen MR) is 103 cm³/mol. The maximum absolute atomic E-state index is 12.8. The van der Waals surface area contributed by atoms with Crippen molar-refractivity contribution in [1.29, 1.82) is 0 Å². The molecule has 146 valence electrons. The van der Waals surface area contributed by atoms with Crippen LogP contribution in [0.1, 0.15) is 56.2 Å². The second-order valence-electron chi connectivity index (χ2n) is 7.65. The SMILES string of the molecule is CC(C)CN1C(=O)c2ccc(C(=O)Nc3c4c(nn3C)CCNC4)cc2C1=O. The number of hydrogen-bond acceptors (Lipinski definition) is 5. The number of nitrogens with one attached hydrogen (secondary N) is 2. The summed E-state index contributed by atoms with van der Waals surface area (Å²) in [4.78, 5) is 39.2. The maximum atomic E-state index is 12.8. The average Bonchev–Trinajstić information content (AvgIpc) is 3.10. The Kier molecular flexibility index (Phi) is 4.50. The molecule has 0 bridgehead atoms. The van der Waals surface area contributed by atoms with Gasteiger partial charge in [-0.1, -0.05) is 13.8 Å². The molecule has 0 aliphatic carbocycles. The van der Waals surface area contributed by atoms with E-state index in [1.54, 1.807) is 23.9 Å². The third-order valence-electron chi connectivity index (χ3n) is 5.08. The number of nitrogens with zero attached hydrogens (tertiary/aromatic N) is 3. The zero-order valence-electron chi connectivity index (χ0n) is 16.2. The van der Waals surface area contributed by atoms with Gasteiger partial charge in [-0.05, 0) is 24.1 Å². The maximum Gasteiger partial charge on any atom is 0.261 e. The second-order valence-corrected chi connectivity index (χ2v) is 7.65. The minimum Gasteiger partial charge on any atom is -0.312 e. The van der Waals surface area contributed by atoms with Crippen LogP contribution in [0.5, 0.6) is 0 Å². The third kappa shape index (κ3) is 2.99. The first-order valence-electron chi connectivity index (χ1n) is 9.44. The molecule has 2 aromatic rings. The zero-order chi connectivity index (χ0) is 20.0. The van der Waals surface area contributed by atoms with Crippen molar-refractivity contribution >= 4 is 23.5 Å². The highest BCUT2D eigenvalue weighted by Gasteiger charge is 2.36. The van der Waals surface area contributed by atoms with Crippen molar-refractivity contribution in [3.8, 4) is 0 Å². The number of carbonyl (C=O) groups is 3. The monoisotopic (exact) mass is 381 g/mol. The number of aryl methyl sites for hydroxylation is 1. The van der Waals surface area contributed by atoms with Gasteiger partial charge < -0.3 is 10.6 Å². The summed E-state index contributed by atoms with van der Waals surface area (Å²) in [7, 11) is 1.79. The molecule has 8 heteroatoms. The van der Waals surface area contributed by atoms with Gasteiger partial charge in [-0.15, -0.1) is 0 Å². The van der Waals surface area contributed by atoms with Gasteiger partial charge in [-0.2, -0.15) is 5.10 Å². The van der Waals surface area contributed by atoms with Gasteiger partial charge in [0.15, 0.2) is 0 Å². The fourth-order valence-electron chi connectivity index (χ4n) is 3.73. The van der Waals surface area contributed by atoms with E-state index < -0.39 is 0 Å². The van der Waals surface area contributed by atoms with Crippen LogP contribution in [0.2, 0.25) is 0 Å². The molecular formula is C20H23N5O3. The lowest BCUT2D eigenvalue weighted by molar-refractivity contribution is 0.0636. The van der Waals surface area contributed by atoms with Gasteiger partial charge in [0, 0.05) is 44.2 Å². The van der Waals surface area contributed by atoms with Gasteiger partial charge >= 0.3 is 0 Å². The summed E-state index contributed by atoms with van der Waals surface area (Å²) in [5.74, 6) is -0.147. The highest BCUT2D eigenvalue weighted by molar-refractivity contribution is 6.22. The molecule has 0 unspecified atom stereocenters. The summed E-state index contributed by atoms with van der Waals surface area (Å²) in [5.41, 5.74) is 2.94. The molecule has 2 aliphatic heterocycles. The number of amides is 3. The molecule has 0 saturated carbocycles. The fourth-order valence-corrected chi connectivity index (χ4v) is 3.73. The first kappa shape index (κ1) is 18.4. The number of aromatic nitrogens is 2. The predicted octanol–water partition coefficient (Wildman–Crippen LogP) is 1.57. The van der Waals surface area contributed by atoms with Crippen LogP contribution < -0.4 is 10.6 Å². The molecule has 1 aromatic carbocycles. The van der Waals surface area contributed by atoms with E-state index in [2.05, 4.69) is 15.7 Å². The van der Waals surface area contributed by atoms with Crippen LogP contribution in [0, 0.1) is 5.92 Å². The van der Waals surface area contributed by atoms with Crippen molar-refractivity contribution in [2.24, 2.45) is 13.0 Å². The number of rotatable bonds is 4. The molecular weight excluding hydrogens is 358 g/mol. The van der Waals surface area contributed by atoms with Gasteiger partial charge in [0.1, 0.15) is 5.82 Å². The minimum atomic E-state index is -0.342. The van der Waals surface area contributed by atoms with Gasteiger partial charge in [0.05, 0.1) is 16.8 Å². The quantitative estimate of drug-likeness (QED) is 0.784. The summed E-state index contributed by atoms with van der Waals surface area (Å²) in [5, 5.41) is 10.7. The molecule has 3 heterocycles. The Labute approximate surface area is 162 Å². The molecule has 0 atom stereocenters. The number of anilines is 1. The number of carbonyl (C=O) groups excluding carboxylic acids is 3. The lowest BCUT2D eigenvalue weighted by atomic mass is 10.0.